The zero-order valence-electron chi connectivity index (χ0n) is 9.13. The Morgan fingerprint density at radius 2 is 2.13 bits per heavy atom. The van der Waals surface area contributed by atoms with Gasteiger partial charge in [0.05, 0.1) is 0 Å². The van der Waals surface area contributed by atoms with Crippen molar-refractivity contribution < 1.29 is 4.79 Å². The average molecular weight is 204 g/mol. The van der Waals surface area contributed by atoms with Gasteiger partial charge in [-0.1, -0.05) is 12.1 Å². The van der Waals surface area contributed by atoms with E-state index < -0.39 is 0 Å². The zero-order valence-corrected chi connectivity index (χ0v) is 9.13. The van der Waals surface area contributed by atoms with Gasteiger partial charge < -0.3 is 11.1 Å². The van der Waals surface area contributed by atoms with Gasteiger partial charge in [0.2, 0.25) is 5.91 Å². The third-order valence-electron chi connectivity index (χ3n) is 2.85. The third kappa shape index (κ3) is 1.88. The number of carbonyl (C=O) groups excluding carboxylic acids is 1. The number of rotatable bonds is 1. The van der Waals surface area contributed by atoms with Crippen LogP contribution in [0, 0.1) is 6.92 Å². The zero-order chi connectivity index (χ0) is 11.0. The predicted octanol–water partition coefficient (Wildman–Crippen LogP) is 1.90. The van der Waals surface area contributed by atoms with E-state index in [2.05, 4.69) is 17.4 Å². The predicted molar refractivity (Wildman–Crippen MR) is 60.7 cm³/mol. The lowest BCUT2D eigenvalue weighted by Crippen LogP contribution is -2.20. The van der Waals surface area contributed by atoms with Crippen molar-refractivity contribution in [2.45, 2.75) is 32.7 Å². The first-order chi connectivity index (χ1) is 7.08. The smallest absolute Gasteiger partial charge is 0.224 e. The van der Waals surface area contributed by atoms with Crippen LogP contribution in [0.1, 0.15) is 36.1 Å². The minimum Gasteiger partial charge on any atom is -0.326 e. The van der Waals surface area contributed by atoms with Crippen molar-refractivity contribution in [2.75, 3.05) is 5.32 Å². The third-order valence-corrected chi connectivity index (χ3v) is 2.85. The van der Waals surface area contributed by atoms with Crippen LogP contribution in [0.3, 0.4) is 0 Å². The Kier molecular flexibility index (Phi) is 2.49. The molecule has 2 rings (SSSR count). The van der Waals surface area contributed by atoms with Crippen LogP contribution in [-0.2, 0) is 11.2 Å². The lowest BCUT2D eigenvalue weighted by atomic mass is 9.94. The minimum atomic E-state index is 0.0478. The molecule has 1 aromatic rings. The average Bonchev–Trinajstić information content (AvgIpc) is 2.18. The second kappa shape index (κ2) is 3.66. The van der Waals surface area contributed by atoms with Crippen LogP contribution < -0.4 is 11.1 Å². The van der Waals surface area contributed by atoms with Crippen molar-refractivity contribution in [1.82, 2.24) is 0 Å². The first kappa shape index (κ1) is 10.2. The maximum Gasteiger partial charge on any atom is 0.224 e. The molecule has 0 fully saturated rings. The van der Waals surface area contributed by atoms with E-state index in [4.69, 9.17) is 5.73 Å². The van der Waals surface area contributed by atoms with E-state index in [0.717, 1.165) is 23.2 Å². The van der Waals surface area contributed by atoms with Crippen molar-refractivity contribution >= 4 is 11.6 Å². The molecule has 15 heavy (non-hydrogen) atoms. The van der Waals surface area contributed by atoms with E-state index in [1.54, 1.807) is 0 Å². The van der Waals surface area contributed by atoms with Crippen LogP contribution in [0.25, 0.3) is 0 Å². The number of amides is 1. The lowest BCUT2D eigenvalue weighted by Gasteiger charge is -2.21. The molecule has 1 aliphatic rings. The number of carbonyl (C=O) groups is 1. The number of nitrogens with two attached hydrogens (primary N) is 1. The van der Waals surface area contributed by atoms with E-state index in [1.165, 1.54) is 5.56 Å². The topological polar surface area (TPSA) is 55.1 Å². The summed E-state index contributed by atoms with van der Waals surface area (Å²) in [6, 6.07) is 4.20. The van der Waals surface area contributed by atoms with Crippen molar-refractivity contribution in [3.8, 4) is 0 Å². The first-order valence-corrected chi connectivity index (χ1v) is 5.27. The summed E-state index contributed by atoms with van der Waals surface area (Å²) >= 11 is 0. The molecule has 3 heteroatoms. The molecule has 3 N–H and O–H groups in total. The molecular weight excluding hydrogens is 188 g/mol. The van der Waals surface area contributed by atoms with Crippen LogP contribution in [0.15, 0.2) is 12.1 Å². The fourth-order valence-corrected chi connectivity index (χ4v) is 1.98. The van der Waals surface area contributed by atoms with Crippen molar-refractivity contribution in [3.63, 3.8) is 0 Å². The van der Waals surface area contributed by atoms with Gasteiger partial charge >= 0.3 is 0 Å². The quantitative estimate of drug-likeness (QED) is 0.734. The Labute approximate surface area is 89.7 Å². The van der Waals surface area contributed by atoms with E-state index in [9.17, 15) is 4.79 Å². The van der Waals surface area contributed by atoms with E-state index in [0.29, 0.717) is 6.42 Å². The second-order valence-corrected chi connectivity index (χ2v) is 4.21. The number of anilines is 1. The first-order valence-electron chi connectivity index (χ1n) is 5.27. The lowest BCUT2D eigenvalue weighted by molar-refractivity contribution is -0.116. The molecule has 0 radical (unpaired) electrons. The Hall–Kier alpha value is -1.35. The monoisotopic (exact) mass is 204 g/mol. The minimum absolute atomic E-state index is 0.0478. The second-order valence-electron chi connectivity index (χ2n) is 4.21. The Morgan fingerprint density at radius 1 is 1.40 bits per heavy atom. The van der Waals surface area contributed by atoms with E-state index >= 15 is 0 Å². The van der Waals surface area contributed by atoms with Gasteiger partial charge in [0.1, 0.15) is 0 Å². The Morgan fingerprint density at radius 3 is 2.80 bits per heavy atom. The maximum atomic E-state index is 11.3. The van der Waals surface area contributed by atoms with Crippen LogP contribution in [0.4, 0.5) is 5.69 Å². The normalized spacial score (nSPS) is 16.9. The summed E-state index contributed by atoms with van der Waals surface area (Å²) in [6.07, 6.45) is 1.40. The summed E-state index contributed by atoms with van der Waals surface area (Å²) in [5.74, 6) is 0.110. The van der Waals surface area contributed by atoms with Crippen molar-refractivity contribution in [3.05, 3.63) is 28.8 Å². The van der Waals surface area contributed by atoms with Gasteiger partial charge in [-0.25, -0.2) is 0 Å². The molecule has 1 aliphatic heterocycles. The Bertz CT molecular complexity index is 410. The van der Waals surface area contributed by atoms with E-state index in [1.807, 2.05) is 13.8 Å². The molecular formula is C12H16N2O. The van der Waals surface area contributed by atoms with Crippen molar-refractivity contribution in [1.29, 1.82) is 0 Å². The van der Waals surface area contributed by atoms with Crippen LogP contribution in [0.5, 0.6) is 0 Å². The fraction of sp³-hybridized carbons (Fsp3) is 0.417. The molecule has 80 valence electrons. The molecule has 3 nitrogen and oxygen atoms in total. The van der Waals surface area contributed by atoms with Crippen LogP contribution in [0.2, 0.25) is 0 Å². The molecule has 0 spiro atoms. The summed E-state index contributed by atoms with van der Waals surface area (Å²) in [4.78, 5) is 11.3. The largest absolute Gasteiger partial charge is 0.326 e. The van der Waals surface area contributed by atoms with Gasteiger partial charge in [-0.05, 0) is 37.0 Å². The highest BCUT2D eigenvalue weighted by molar-refractivity contribution is 5.94. The molecule has 0 aliphatic carbocycles. The molecule has 1 amide bonds. The molecule has 1 aromatic carbocycles. The molecule has 1 atom stereocenters. The number of benzene rings is 1. The van der Waals surface area contributed by atoms with Gasteiger partial charge in [-0.2, -0.15) is 0 Å². The summed E-state index contributed by atoms with van der Waals surface area (Å²) in [5, 5.41) is 2.91. The summed E-state index contributed by atoms with van der Waals surface area (Å²) < 4.78 is 0. The van der Waals surface area contributed by atoms with Gasteiger partial charge in [0.25, 0.3) is 0 Å². The summed E-state index contributed by atoms with van der Waals surface area (Å²) in [7, 11) is 0. The van der Waals surface area contributed by atoms with Crippen molar-refractivity contribution in [2.24, 2.45) is 5.73 Å². The maximum absolute atomic E-state index is 11.3. The number of aryl methyl sites for hydroxylation is 2. The number of nitrogens with one attached hydrogen (secondary N) is 1. The molecule has 1 heterocycles. The molecule has 0 saturated heterocycles. The standard InChI is InChI=1S/C12H16N2O/c1-7-5-10(8(2)13)6-9-3-4-11(15)14-12(7)9/h5-6,8H,3-4,13H2,1-2H3,(H,14,15). The van der Waals surface area contributed by atoms with Crippen LogP contribution in [-0.4, -0.2) is 5.91 Å². The van der Waals surface area contributed by atoms with Gasteiger partial charge in [-0.15, -0.1) is 0 Å². The molecule has 0 saturated carbocycles. The molecule has 0 aromatic heterocycles. The number of hydrogen-bond acceptors (Lipinski definition) is 2. The van der Waals surface area contributed by atoms with Gasteiger partial charge in [0, 0.05) is 18.2 Å². The van der Waals surface area contributed by atoms with E-state index in [-0.39, 0.29) is 11.9 Å². The fourth-order valence-electron chi connectivity index (χ4n) is 1.98. The summed E-state index contributed by atoms with van der Waals surface area (Å²) in [6.45, 7) is 3.99. The summed E-state index contributed by atoms with van der Waals surface area (Å²) in [5.41, 5.74) is 10.3. The van der Waals surface area contributed by atoms with Gasteiger partial charge in [-0.3, -0.25) is 4.79 Å². The highest BCUT2D eigenvalue weighted by Crippen LogP contribution is 2.29. The van der Waals surface area contributed by atoms with Crippen LogP contribution >= 0.6 is 0 Å². The highest BCUT2D eigenvalue weighted by Gasteiger charge is 2.17. The Balaban J connectivity index is 2.47. The highest BCUT2D eigenvalue weighted by atomic mass is 16.1. The number of hydrogen-bond donors (Lipinski definition) is 2. The molecule has 1 unspecified atom stereocenters. The number of fused-ring (bicyclic) bond motifs is 1. The molecule has 0 bridgehead atoms. The van der Waals surface area contributed by atoms with Gasteiger partial charge in [0.15, 0.2) is 0 Å². The SMILES string of the molecule is Cc1cc(C(C)N)cc2c1NC(=O)CC2.